The van der Waals surface area contributed by atoms with Crippen LogP contribution in [-0.2, 0) is 37.3 Å². The molecular formula is C35H36N9NaO9S2. The van der Waals surface area contributed by atoms with Crippen molar-refractivity contribution >= 4 is 73.3 Å². The van der Waals surface area contributed by atoms with Crippen molar-refractivity contribution in [2.24, 2.45) is 0 Å². The van der Waals surface area contributed by atoms with Gasteiger partial charge in [0.05, 0.1) is 30.7 Å². The van der Waals surface area contributed by atoms with E-state index in [9.17, 15) is 37.9 Å². The van der Waals surface area contributed by atoms with Gasteiger partial charge >= 0.3 is 29.6 Å². The summed E-state index contributed by atoms with van der Waals surface area (Å²) < 4.78 is 40.2. The van der Waals surface area contributed by atoms with Gasteiger partial charge in [0, 0.05) is 30.2 Å². The molecule has 5 aromatic rings. The van der Waals surface area contributed by atoms with Gasteiger partial charge in [0.25, 0.3) is 0 Å². The SMILES string of the molecule is O=C(Cc1ccc(NC(=O)Cc2ccc(Nc3ncnc4c3ncn4C3O[C@H](CO)[C@@H](O)[C@H]3O)cc2)cc1)NCCNC(=S)Nc1ccc(S(=O)(=O)[O-])cc1.[Na+]. The molecule has 0 saturated carbocycles. The summed E-state index contributed by atoms with van der Waals surface area (Å²) in [7, 11) is -4.53. The smallest absolute Gasteiger partial charge is 0.744 e. The van der Waals surface area contributed by atoms with E-state index in [2.05, 4.69) is 41.5 Å². The minimum Gasteiger partial charge on any atom is -0.744 e. The Bertz CT molecular complexity index is 2260. The molecule has 288 valence electrons. The number of fused-ring (bicyclic) bond motifs is 1. The molecule has 4 atom stereocenters. The number of nitrogens with one attached hydrogen (secondary N) is 5. The normalized spacial score (nSPS) is 17.8. The van der Waals surface area contributed by atoms with Gasteiger partial charge in [-0.3, -0.25) is 14.2 Å². The summed E-state index contributed by atoms with van der Waals surface area (Å²) in [6, 6.07) is 19.3. The van der Waals surface area contributed by atoms with E-state index in [4.69, 9.17) is 17.0 Å². The Hall–Kier alpha value is -4.61. The van der Waals surface area contributed by atoms with Crippen molar-refractivity contribution in [2.75, 3.05) is 35.6 Å². The first-order valence-corrected chi connectivity index (χ1v) is 18.6. The number of imidazole rings is 1. The van der Waals surface area contributed by atoms with Crippen LogP contribution in [0.15, 0.2) is 90.3 Å². The van der Waals surface area contributed by atoms with Crippen LogP contribution >= 0.6 is 12.2 Å². The predicted molar refractivity (Wildman–Crippen MR) is 202 cm³/mol. The number of rotatable bonds is 14. The van der Waals surface area contributed by atoms with Gasteiger partial charge in [-0.25, -0.2) is 23.4 Å². The number of aromatic nitrogens is 4. The van der Waals surface area contributed by atoms with E-state index in [1.807, 2.05) is 0 Å². The van der Waals surface area contributed by atoms with Gasteiger partial charge < -0.3 is 51.2 Å². The number of aliphatic hydroxyl groups excluding tert-OH is 3. The average molecular weight is 814 g/mol. The molecule has 3 aromatic carbocycles. The van der Waals surface area contributed by atoms with Gasteiger partial charge in [-0.05, 0) is 71.9 Å². The van der Waals surface area contributed by atoms with Crippen LogP contribution in [0.2, 0.25) is 0 Å². The molecule has 2 aromatic heterocycles. The number of anilines is 4. The largest absolute Gasteiger partial charge is 1.00 e. The Morgan fingerprint density at radius 2 is 1.39 bits per heavy atom. The van der Waals surface area contributed by atoms with E-state index in [-0.39, 0.29) is 70.8 Å². The van der Waals surface area contributed by atoms with E-state index in [1.54, 1.807) is 48.5 Å². The molecule has 56 heavy (non-hydrogen) atoms. The first-order valence-electron chi connectivity index (χ1n) is 16.8. The first kappa shape index (κ1) is 42.5. The second kappa shape index (κ2) is 19.0. The second-order valence-corrected chi connectivity index (χ2v) is 14.2. The van der Waals surface area contributed by atoms with Crippen LogP contribution in [0, 0.1) is 0 Å². The number of hydrogen-bond acceptors (Lipinski definition) is 14. The molecule has 21 heteroatoms. The van der Waals surface area contributed by atoms with Crippen LogP contribution < -0.4 is 56.1 Å². The molecule has 0 aliphatic carbocycles. The maximum atomic E-state index is 12.8. The third-order valence-corrected chi connectivity index (χ3v) is 9.56. The fourth-order valence-corrected chi connectivity index (χ4v) is 6.37. The van der Waals surface area contributed by atoms with Crippen molar-refractivity contribution in [3.05, 3.63) is 96.6 Å². The van der Waals surface area contributed by atoms with Crippen LogP contribution in [0.5, 0.6) is 0 Å². The van der Waals surface area contributed by atoms with Crippen LogP contribution in [0.3, 0.4) is 0 Å². The number of hydrogen-bond donors (Lipinski definition) is 8. The fraction of sp³-hybridized carbons (Fsp3) is 0.257. The Kier molecular flexibility index (Phi) is 14.4. The third-order valence-electron chi connectivity index (χ3n) is 8.47. The summed E-state index contributed by atoms with van der Waals surface area (Å²) in [5.41, 5.74) is 3.99. The zero-order valence-corrected chi connectivity index (χ0v) is 33.5. The molecule has 1 unspecified atom stereocenters. The van der Waals surface area contributed by atoms with Crippen LogP contribution in [0.4, 0.5) is 22.9 Å². The zero-order valence-electron chi connectivity index (χ0n) is 29.8. The molecule has 1 fully saturated rings. The Morgan fingerprint density at radius 1 is 0.804 bits per heavy atom. The van der Waals surface area contributed by atoms with Gasteiger partial charge in [-0.1, -0.05) is 24.3 Å². The summed E-state index contributed by atoms with van der Waals surface area (Å²) in [5.74, 6) is -0.0510. The Morgan fingerprint density at radius 3 is 2.02 bits per heavy atom. The van der Waals surface area contributed by atoms with Gasteiger partial charge in [-0.2, -0.15) is 0 Å². The molecule has 3 heterocycles. The van der Waals surface area contributed by atoms with Gasteiger partial charge in [0.2, 0.25) is 11.8 Å². The number of carbonyl (C=O) groups excluding carboxylic acids is 2. The Balaban J connectivity index is 0.00000600. The predicted octanol–water partition coefficient (Wildman–Crippen LogP) is -2.08. The van der Waals surface area contributed by atoms with E-state index in [0.717, 1.165) is 11.1 Å². The molecule has 1 aliphatic heterocycles. The summed E-state index contributed by atoms with van der Waals surface area (Å²) >= 11 is 5.20. The average Bonchev–Trinajstić information content (AvgIpc) is 3.71. The minimum absolute atomic E-state index is 0. The van der Waals surface area contributed by atoms with E-state index < -0.39 is 41.3 Å². The summed E-state index contributed by atoms with van der Waals surface area (Å²) in [6.45, 7) is 0.160. The number of ether oxygens (including phenoxy) is 1. The van der Waals surface area contributed by atoms with E-state index in [1.165, 1.54) is 41.5 Å². The third kappa shape index (κ3) is 10.8. The van der Waals surface area contributed by atoms with Crippen molar-refractivity contribution in [3.8, 4) is 0 Å². The summed E-state index contributed by atoms with van der Waals surface area (Å²) in [6.07, 6.45) is -1.52. The molecule has 8 N–H and O–H groups in total. The molecule has 0 spiro atoms. The van der Waals surface area contributed by atoms with Gasteiger partial charge in [0.15, 0.2) is 28.3 Å². The van der Waals surface area contributed by atoms with Crippen molar-refractivity contribution < 1.29 is 72.2 Å². The summed E-state index contributed by atoms with van der Waals surface area (Å²) in [4.78, 5) is 37.8. The molecular weight excluding hydrogens is 778 g/mol. The maximum Gasteiger partial charge on any atom is 1.00 e. The monoisotopic (exact) mass is 813 g/mol. The quantitative estimate of drug-likeness (QED) is 0.0259. The van der Waals surface area contributed by atoms with Crippen molar-refractivity contribution in [3.63, 3.8) is 0 Å². The van der Waals surface area contributed by atoms with Crippen LogP contribution in [-0.4, -0.2) is 103 Å². The Labute approximate surface area is 348 Å². The number of nitrogens with zero attached hydrogens (tertiary/aromatic N) is 4. The summed E-state index contributed by atoms with van der Waals surface area (Å²) in [5, 5.41) is 44.9. The van der Waals surface area contributed by atoms with Gasteiger partial charge in [0.1, 0.15) is 34.8 Å². The van der Waals surface area contributed by atoms with Crippen molar-refractivity contribution in [1.29, 1.82) is 0 Å². The topological polar surface area (TPSA) is 265 Å². The first-order chi connectivity index (χ1) is 26.4. The molecule has 6 rings (SSSR count). The molecule has 0 radical (unpaired) electrons. The minimum atomic E-state index is -4.53. The van der Waals surface area contributed by atoms with Crippen LogP contribution in [0.1, 0.15) is 17.4 Å². The molecule has 1 aliphatic rings. The van der Waals surface area contributed by atoms with Gasteiger partial charge in [-0.15, -0.1) is 0 Å². The molecule has 18 nitrogen and oxygen atoms in total. The van der Waals surface area contributed by atoms with Crippen molar-refractivity contribution in [1.82, 2.24) is 30.2 Å². The molecule has 0 bridgehead atoms. The standard InChI is InChI=1S/C35H37N9O9S2.Na/c45-17-26-30(48)31(49)34(53-26)44-19-40-29-32(38-18-39-33(29)44)42-23-7-3-21(4-8-23)16-28(47)41-22-5-1-20(2-6-22)15-27(46)36-13-14-37-35(54)43-24-9-11-25(12-10-24)55(50,51)52;/h1-12,18-19,26,30-31,34,45,48-49H,13-17H2,(H,36,46)(H,41,47)(H2,37,43,54)(H,38,39,42)(H,50,51,52);/q;+1/p-1/t26-,30-,31-,34?;/m1./s1. The number of amides is 2. The van der Waals surface area contributed by atoms with E-state index >= 15 is 0 Å². The molecule has 2 amide bonds. The molecule has 1 saturated heterocycles. The number of aliphatic hydroxyl groups is 3. The number of carbonyl (C=O) groups is 2. The second-order valence-electron chi connectivity index (χ2n) is 12.4. The zero-order chi connectivity index (χ0) is 39.1. The fourth-order valence-electron chi connectivity index (χ4n) is 5.68. The number of benzene rings is 3. The maximum absolute atomic E-state index is 12.8. The number of thiocarbonyl (C=S) groups is 1. The van der Waals surface area contributed by atoms with Crippen LogP contribution in [0.25, 0.3) is 11.2 Å². The van der Waals surface area contributed by atoms with E-state index in [0.29, 0.717) is 40.6 Å². The van der Waals surface area contributed by atoms with Crippen molar-refractivity contribution in [2.45, 2.75) is 42.3 Å².